The molecule has 1 heterocycles. The molecule has 4 heteroatoms. The highest BCUT2D eigenvalue weighted by atomic mass is 32.1. The van der Waals surface area contributed by atoms with Crippen LogP contribution in [-0.4, -0.2) is 18.0 Å². The third-order valence-corrected chi connectivity index (χ3v) is 3.74. The molecule has 0 unspecified atom stereocenters. The van der Waals surface area contributed by atoms with Gasteiger partial charge in [-0.25, -0.2) is 0 Å². The minimum Gasteiger partial charge on any atom is -0.345 e. The van der Waals surface area contributed by atoms with Crippen molar-refractivity contribution < 1.29 is 4.79 Å². The first-order valence-corrected chi connectivity index (χ1v) is 6.11. The minimum atomic E-state index is -0.249. The summed E-state index contributed by atoms with van der Waals surface area (Å²) in [5.41, 5.74) is 5.47. The van der Waals surface area contributed by atoms with Crippen molar-refractivity contribution in [3.05, 3.63) is 22.4 Å². The first-order chi connectivity index (χ1) is 7.17. The largest absolute Gasteiger partial charge is 0.345 e. The normalized spacial score (nSPS) is 11.4. The van der Waals surface area contributed by atoms with E-state index in [1.807, 2.05) is 31.4 Å². The zero-order valence-electron chi connectivity index (χ0n) is 9.25. The minimum absolute atomic E-state index is 0.0147. The zero-order valence-corrected chi connectivity index (χ0v) is 10.1. The van der Waals surface area contributed by atoms with Crippen LogP contribution in [-0.2, 0) is 0 Å². The summed E-state index contributed by atoms with van der Waals surface area (Å²) < 4.78 is 0. The van der Waals surface area contributed by atoms with Crippen molar-refractivity contribution in [1.29, 1.82) is 0 Å². The Hall–Kier alpha value is -0.870. The Labute approximate surface area is 94.7 Å². The van der Waals surface area contributed by atoms with E-state index in [4.69, 9.17) is 5.73 Å². The average molecular weight is 226 g/mol. The van der Waals surface area contributed by atoms with Crippen LogP contribution in [0.5, 0.6) is 0 Å². The molecule has 0 saturated heterocycles. The molecule has 0 aliphatic heterocycles. The van der Waals surface area contributed by atoms with Gasteiger partial charge in [0.15, 0.2) is 0 Å². The van der Waals surface area contributed by atoms with Gasteiger partial charge in [-0.1, -0.05) is 19.9 Å². The summed E-state index contributed by atoms with van der Waals surface area (Å²) in [6, 6.07) is 3.70. The van der Waals surface area contributed by atoms with Crippen LogP contribution in [0.15, 0.2) is 17.5 Å². The summed E-state index contributed by atoms with van der Waals surface area (Å²) in [5.74, 6) is -0.0147. The van der Waals surface area contributed by atoms with E-state index >= 15 is 0 Å². The molecule has 0 radical (unpaired) electrons. The van der Waals surface area contributed by atoms with Crippen LogP contribution in [0.1, 0.15) is 36.4 Å². The molecule has 1 rings (SSSR count). The fourth-order valence-corrected chi connectivity index (χ4v) is 2.10. The molecule has 1 aromatic rings. The van der Waals surface area contributed by atoms with Gasteiger partial charge in [-0.2, -0.15) is 0 Å². The topological polar surface area (TPSA) is 55.1 Å². The fraction of sp³-hybridized carbons (Fsp3) is 0.545. The second-order valence-corrected chi connectivity index (χ2v) is 4.57. The van der Waals surface area contributed by atoms with Crippen LogP contribution in [0.25, 0.3) is 0 Å². The third kappa shape index (κ3) is 2.79. The predicted molar refractivity (Wildman–Crippen MR) is 64.2 cm³/mol. The number of carbonyl (C=O) groups is 1. The summed E-state index contributed by atoms with van der Waals surface area (Å²) in [4.78, 5) is 12.6. The van der Waals surface area contributed by atoms with E-state index in [-0.39, 0.29) is 11.4 Å². The lowest BCUT2D eigenvalue weighted by Crippen LogP contribution is -2.52. The molecule has 0 aromatic carbocycles. The first kappa shape index (κ1) is 12.2. The Kier molecular flexibility index (Phi) is 4.29. The number of rotatable bonds is 5. The van der Waals surface area contributed by atoms with E-state index < -0.39 is 0 Å². The molecular weight excluding hydrogens is 208 g/mol. The molecule has 1 amide bonds. The maximum atomic E-state index is 11.8. The number of hydrogen-bond donors (Lipinski definition) is 2. The fourth-order valence-electron chi connectivity index (χ4n) is 1.48. The van der Waals surface area contributed by atoms with Gasteiger partial charge in [0.1, 0.15) is 0 Å². The van der Waals surface area contributed by atoms with Gasteiger partial charge < -0.3 is 11.1 Å². The van der Waals surface area contributed by atoms with Gasteiger partial charge in [0.05, 0.1) is 10.4 Å². The van der Waals surface area contributed by atoms with Crippen LogP contribution >= 0.6 is 11.3 Å². The molecule has 0 saturated carbocycles. The highest BCUT2D eigenvalue weighted by Gasteiger charge is 2.26. The van der Waals surface area contributed by atoms with Crippen LogP contribution in [0.3, 0.4) is 0 Å². The Morgan fingerprint density at radius 1 is 1.53 bits per heavy atom. The summed E-state index contributed by atoms with van der Waals surface area (Å²) in [7, 11) is 0. The van der Waals surface area contributed by atoms with Crippen molar-refractivity contribution in [2.45, 2.75) is 32.2 Å². The number of amides is 1. The van der Waals surface area contributed by atoms with Crippen LogP contribution in [0.2, 0.25) is 0 Å². The van der Waals surface area contributed by atoms with Crippen molar-refractivity contribution in [3.63, 3.8) is 0 Å². The van der Waals surface area contributed by atoms with Gasteiger partial charge in [0.2, 0.25) is 0 Å². The molecule has 84 valence electrons. The Bertz CT molecular complexity index is 296. The summed E-state index contributed by atoms with van der Waals surface area (Å²) in [5, 5.41) is 4.93. The molecule has 0 aliphatic carbocycles. The number of thiophene rings is 1. The van der Waals surface area contributed by atoms with Crippen molar-refractivity contribution in [2.24, 2.45) is 5.73 Å². The second-order valence-electron chi connectivity index (χ2n) is 3.62. The van der Waals surface area contributed by atoms with E-state index in [2.05, 4.69) is 5.32 Å². The van der Waals surface area contributed by atoms with E-state index in [0.29, 0.717) is 6.54 Å². The van der Waals surface area contributed by atoms with Crippen molar-refractivity contribution in [1.82, 2.24) is 5.32 Å². The van der Waals surface area contributed by atoms with Gasteiger partial charge in [0.25, 0.3) is 5.91 Å². The lowest BCUT2D eigenvalue weighted by atomic mass is 9.93. The molecule has 0 atom stereocenters. The standard InChI is InChI=1S/C11H18N2OS/c1-3-11(4-2,8-12)13-10(14)9-6-5-7-15-9/h5-7H,3-4,8,12H2,1-2H3,(H,13,14). The average Bonchev–Trinajstić information content (AvgIpc) is 2.79. The molecule has 0 bridgehead atoms. The maximum absolute atomic E-state index is 11.8. The quantitative estimate of drug-likeness (QED) is 0.806. The van der Waals surface area contributed by atoms with Crippen LogP contribution in [0, 0.1) is 0 Å². The van der Waals surface area contributed by atoms with Crippen molar-refractivity contribution in [3.8, 4) is 0 Å². The summed E-state index contributed by atoms with van der Waals surface area (Å²) in [6.45, 7) is 4.58. The molecule has 3 N–H and O–H groups in total. The first-order valence-electron chi connectivity index (χ1n) is 5.23. The van der Waals surface area contributed by atoms with E-state index in [9.17, 15) is 4.79 Å². The van der Waals surface area contributed by atoms with Crippen LogP contribution in [0.4, 0.5) is 0 Å². The van der Waals surface area contributed by atoms with E-state index in [1.165, 1.54) is 11.3 Å². The number of nitrogens with one attached hydrogen (secondary N) is 1. The molecule has 0 fully saturated rings. The molecule has 0 aliphatic rings. The van der Waals surface area contributed by atoms with E-state index in [0.717, 1.165) is 17.7 Å². The van der Waals surface area contributed by atoms with Crippen molar-refractivity contribution in [2.75, 3.05) is 6.54 Å². The Balaban J connectivity index is 2.71. The Morgan fingerprint density at radius 3 is 2.60 bits per heavy atom. The highest BCUT2D eigenvalue weighted by Crippen LogP contribution is 2.16. The van der Waals surface area contributed by atoms with Gasteiger partial charge in [-0.3, -0.25) is 4.79 Å². The van der Waals surface area contributed by atoms with Gasteiger partial charge in [-0.15, -0.1) is 11.3 Å². The molecule has 0 spiro atoms. The SMILES string of the molecule is CCC(CC)(CN)NC(=O)c1cccs1. The second kappa shape index (κ2) is 5.28. The van der Waals surface area contributed by atoms with E-state index in [1.54, 1.807) is 0 Å². The lowest BCUT2D eigenvalue weighted by Gasteiger charge is -2.31. The summed E-state index contributed by atoms with van der Waals surface area (Å²) >= 11 is 1.45. The Morgan fingerprint density at radius 2 is 2.20 bits per heavy atom. The molecule has 3 nitrogen and oxygen atoms in total. The number of carbonyl (C=O) groups excluding carboxylic acids is 1. The van der Waals surface area contributed by atoms with Gasteiger partial charge in [0, 0.05) is 6.54 Å². The maximum Gasteiger partial charge on any atom is 0.261 e. The van der Waals surface area contributed by atoms with Crippen LogP contribution < -0.4 is 11.1 Å². The van der Waals surface area contributed by atoms with Gasteiger partial charge >= 0.3 is 0 Å². The monoisotopic (exact) mass is 226 g/mol. The summed E-state index contributed by atoms with van der Waals surface area (Å²) in [6.07, 6.45) is 1.72. The highest BCUT2D eigenvalue weighted by molar-refractivity contribution is 7.12. The smallest absolute Gasteiger partial charge is 0.261 e. The predicted octanol–water partition coefficient (Wildman–Crippen LogP) is 2.00. The number of nitrogens with two attached hydrogens (primary N) is 1. The van der Waals surface area contributed by atoms with Gasteiger partial charge in [-0.05, 0) is 24.3 Å². The third-order valence-electron chi connectivity index (χ3n) is 2.87. The molecule has 15 heavy (non-hydrogen) atoms. The zero-order chi connectivity index (χ0) is 11.3. The molecular formula is C11H18N2OS. The lowest BCUT2D eigenvalue weighted by molar-refractivity contribution is 0.0899. The van der Waals surface area contributed by atoms with Crippen molar-refractivity contribution >= 4 is 17.2 Å². The number of hydrogen-bond acceptors (Lipinski definition) is 3. The molecule has 1 aromatic heterocycles.